The van der Waals surface area contributed by atoms with E-state index >= 15 is 0 Å². The Hall–Kier alpha value is -3.13. The molecule has 0 saturated carbocycles. The summed E-state index contributed by atoms with van der Waals surface area (Å²) >= 11 is 1.43. The van der Waals surface area contributed by atoms with E-state index in [0.717, 1.165) is 12.0 Å². The third-order valence-electron chi connectivity index (χ3n) is 7.25. The van der Waals surface area contributed by atoms with Crippen molar-refractivity contribution in [2.24, 2.45) is 5.92 Å². The summed E-state index contributed by atoms with van der Waals surface area (Å²) < 4.78 is 0. The van der Waals surface area contributed by atoms with Crippen molar-refractivity contribution in [3.05, 3.63) is 75.8 Å². The number of nitrogens with zero attached hydrogens (tertiary/aromatic N) is 4. The first-order chi connectivity index (χ1) is 17.5. The van der Waals surface area contributed by atoms with Crippen molar-refractivity contribution >= 4 is 23.2 Å². The summed E-state index contributed by atoms with van der Waals surface area (Å²) in [5.41, 5.74) is 1.99. The molecule has 3 atom stereocenters. The summed E-state index contributed by atoms with van der Waals surface area (Å²) in [5, 5.41) is 13.3. The van der Waals surface area contributed by atoms with Crippen molar-refractivity contribution in [3.8, 4) is 0 Å². The maximum absolute atomic E-state index is 14.5. The van der Waals surface area contributed by atoms with Crippen LogP contribution in [0.1, 0.15) is 98.5 Å². The third-order valence-corrected chi connectivity index (χ3v) is 8.10. The Morgan fingerprint density at radius 2 is 1.95 bits per heavy atom. The highest BCUT2D eigenvalue weighted by Crippen LogP contribution is 2.54. The molecule has 4 rings (SSSR count). The second-order valence-corrected chi connectivity index (χ2v) is 12.3. The highest BCUT2D eigenvalue weighted by molar-refractivity contribution is 7.09. The smallest absolute Gasteiger partial charge is 0.329 e. The average Bonchev–Trinajstić information content (AvgIpc) is 3.49. The van der Waals surface area contributed by atoms with Crippen LogP contribution in [0.25, 0.3) is 0 Å². The van der Waals surface area contributed by atoms with E-state index in [2.05, 4.69) is 42.6 Å². The van der Waals surface area contributed by atoms with Gasteiger partial charge in [-0.1, -0.05) is 47.6 Å². The van der Waals surface area contributed by atoms with Gasteiger partial charge in [0.2, 0.25) is 0 Å². The van der Waals surface area contributed by atoms with Crippen LogP contribution < -0.4 is 0 Å². The minimum atomic E-state index is -1.40. The fourth-order valence-corrected chi connectivity index (χ4v) is 6.59. The molecule has 1 aliphatic rings. The Labute approximate surface area is 223 Å². The molecule has 1 aliphatic heterocycles. The molecule has 0 radical (unpaired) electrons. The molecule has 196 valence electrons. The molecular weight excluding hydrogens is 484 g/mol. The molecule has 7 nitrogen and oxygen atoms in total. The predicted molar refractivity (Wildman–Crippen MR) is 145 cm³/mol. The van der Waals surface area contributed by atoms with Gasteiger partial charge in [0, 0.05) is 41.6 Å². The number of amides is 1. The quantitative estimate of drug-likeness (QED) is 0.408. The molecule has 1 N–H and O–H groups in total. The maximum atomic E-state index is 14.5. The highest BCUT2D eigenvalue weighted by atomic mass is 32.1. The van der Waals surface area contributed by atoms with Gasteiger partial charge in [-0.15, -0.1) is 11.3 Å². The fraction of sp³-hybridized carbons (Fsp3) is 0.483. The van der Waals surface area contributed by atoms with Gasteiger partial charge in [-0.05, 0) is 53.9 Å². The van der Waals surface area contributed by atoms with Crippen molar-refractivity contribution in [2.75, 3.05) is 0 Å². The Bertz CT molecular complexity index is 1250. The Morgan fingerprint density at radius 3 is 2.49 bits per heavy atom. The van der Waals surface area contributed by atoms with E-state index in [9.17, 15) is 14.7 Å². The zero-order valence-electron chi connectivity index (χ0n) is 22.4. The summed E-state index contributed by atoms with van der Waals surface area (Å²) in [5.74, 6) is -1.58. The number of carbonyl (C=O) groups excluding carboxylic acids is 1. The summed E-state index contributed by atoms with van der Waals surface area (Å²) in [4.78, 5) is 42.6. The number of aromatic nitrogens is 3. The molecule has 0 bridgehead atoms. The predicted octanol–water partition coefficient (Wildman–Crippen LogP) is 6.03. The number of likely N-dealkylation sites (tertiary alicyclic amines) is 1. The van der Waals surface area contributed by atoms with Gasteiger partial charge in [0.15, 0.2) is 0 Å². The van der Waals surface area contributed by atoms with Crippen molar-refractivity contribution < 1.29 is 14.7 Å². The number of rotatable bonds is 7. The lowest BCUT2D eigenvalue weighted by molar-refractivity contribution is -0.150. The van der Waals surface area contributed by atoms with Gasteiger partial charge in [0.25, 0.3) is 5.91 Å². The highest BCUT2D eigenvalue weighted by Gasteiger charge is 2.60. The summed E-state index contributed by atoms with van der Waals surface area (Å²) in [6.45, 7) is 12.5. The van der Waals surface area contributed by atoms with E-state index in [4.69, 9.17) is 0 Å². The lowest BCUT2D eigenvalue weighted by Gasteiger charge is -2.39. The minimum absolute atomic E-state index is 0.0541. The normalized spacial score (nSPS) is 22.0. The number of carbonyl (C=O) groups is 2. The van der Waals surface area contributed by atoms with Crippen molar-refractivity contribution in [1.82, 2.24) is 19.9 Å². The van der Waals surface area contributed by atoms with Crippen LogP contribution in [-0.2, 0) is 16.6 Å². The molecule has 0 unspecified atom stereocenters. The molecule has 3 heterocycles. The Kier molecular flexibility index (Phi) is 7.51. The number of aliphatic carboxylic acids is 1. The van der Waals surface area contributed by atoms with Crippen molar-refractivity contribution in [1.29, 1.82) is 0 Å². The summed E-state index contributed by atoms with van der Waals surface area (Å²) in [7, 11) is 0. The van der Waals surface area contributed by atoms with Gasteiger partial charge in [-0.2, -0.15) is 0 Å². The standard InChI is InChI=1S/C29H36N4O3S/c1-7-19-14-20(8-9-22(19)28(4,5)6)26(34)33-24(25-32-12-13-37-25)21(23-17-30-10-11-31-23)16-29(33,27(35)36)15-18(2)3/h8-14,17-18,21,24H,7,15-16H2,1-6H3,(H,35,36)/t21-,24-,29+/m1/s1. The number of aryl methyl sites for hydroxylation is 1. The molecule has 3 aromatic rings. The largest absolute Gasteiger partial charge is 0.479 e. The van der Waals surface area contributed by atoms with Crippen LogP contribution in [0.15, 0.2) is 48.4 Å². The van der Waals surface area contributed by atoms with Gasteiger partial charge in [0.05, 0.1) is 11.7 Å². The number of hydrogen-bond acceptors (Lipinski definition) is 6. The number of thiazole rings is 1. The maximum Gasteiger partial charge on any atom is 0.329 e. The van der Waals surface area contributed by atoms with Gasteiger partial charge >= 0.3 is 5.97 Å². The summed E-state index contributed by atoms with van der Waals surface area (Å²) in [6.07, 6.45) is 7.94. The lowest BCUT2D eigenvalue weighted by atomic mass is 9.81. The monoisotopic (exact) mass is 520 g/mol. The molecule has 1 aromatic carbocycles. The van der Waals surface area contributed by atoms with E-state index in [1.54, 1.807) is 29.7 Å². The van der Waals surface area contributed by atoms with E-state index in [1.807, 2.05) is 37.4 Å². The van der Waals surface area contributed by atoms with Gasteiger partial charge in [-0.25, -0.2) is 9.78 Å². The number of carboxylic acid groups (broad SMARTS) is 1. The van der Waals surface area contributed by atoms with Gasteiger partial charge in [-0.3, -0.25) is 14.8 Å². The van der Waals surface area contributed by atoms with Gasteiger partial charge in [0.1, 0.15) is 10.5 Å². The first kappa shape index (κ1) is 26.9. The van der Waals surface area contributed by atoms with E-state index in [0.29, 0.717) is 22.7 Å². The molecule has 1 amide bonds. The van der Waals surface area contributed by atoms with Crippen LogP contribution in [0.3, 0.4) is 0 Å². The number of hydrogen-bond donors (Lipinski definition) is 1. The second-order valence-electron chi connectivity index (χ2n) is 11.3. The SMILES string of the molecule is CCc1cc(C(=O)N2[C@@H](c3nccs3)[C@@H](c3cnccn3)C[C@@]2(CC(C)C)C(=O)O)ccc1C(C)(C)C. The first-order valence-electron chi connectivity index (χ1n) is 12.9. The van der Waals surface area contributed by atoms with Crippen molar-refractivity contribution in [3.63, 3.8) is 0 Å². The second kappa shape index (κ2) is 10.3. The van der Waals surface area contributed by atoms with Gasteiger partial charge < -0.3 is 10.0 Å². The lowest BCUT2D eigenvalue weighted by Crippen LogP contribution is -2.54. The van der Waals surface area contributed by atoms with E-state index in [1.165, 1.54) is 16.9 Å². The average molecular weight is 521 g/mol. The van der Waals surface area contributed by atoms with Crippen LogP contribution in [0.4, 0.5) is 0 Å². The molecule has 8 heteroatoms. The molecule has 1 saturated heterocycles. The van der Waals surface area contributed by atoms with Crippen LogP contribution >= 0.6 is 11.3 Å². The molecule has 2 aromatic heterocycles. The number of carboxylic acids is 1. The zero-order valence-corrected chi connectivity index (χ0v) is 23.2. The number of benzene rings is 1. The fourth-order valence-electron chi connectivity index (χ4n) is 5.80. The van der Waals surface area contributed by atoms with Crippen LogP contribution in [0, 0.1) is 5.92 Å². The third kappa shape index (κ3) is 5.04. The topological polar surface area (TPSA) is 96.3 Å². The molecule has 1 fully saturated rings. The zero-order chi connectivity index (χ0) is 27.0. The van der Waals surface area contributed by atoms with Crippen LogP contribution in [0.5, 0.6) is 0 Å². The minimum Gasteiger partial charge on any atom is -0.479 e. The van der Waals surface area contributed by atoms with E-state index in [-0.39, 0.29) is 29.6 Å². The first-order valence-corrected chi connectivity index (χ1v) is 13.7. The molecule has 0 spiro atoms. The van der Waals surface area contributed by atoms with E-state index < -0.39 is 17.6 Å². The summed E-state index contributed by atoms with van der Waals surface area (Å²) in [6, 6.07) is 5.25. The van der Waals surface area contributed by atoms with Crippen LogP contribution in [0.2, 0.25) is 0 Å². The Balaban J connectivity index is 1.93. The van der Waals surface area contributed by atoms with Crippen LogP contribution in [-0.4, -0.2) is 42.4 Å². The molecule has 37 heavy (non-hydrogen) atoms. The molecule has 0 aliphatic carbocycles. The Morgan fingerprint density at radius 1 is 1.19 bits per heavy atom. The van der Waals surface area contributed by atoms with Crippen molar-refractivity contribution in [2.45, 2.75) is 83.7 Å². The molecular formula is C29H36N4O3S.